The average molecular weight is 305 g/mol. The van der Waals surface area contributed by atoms with Gasteiger partial charge in [-0.25, -0.2) is 9.78 Å². The number of aromatic nitrogens is 1. The topological polar surface area (TPSA) is 56.7 Å². The van der Waals surface area contributed by atoms with E-state index in [0.29, 0.717) is 12.5 Å². The van der Waals surface area contributed by atoms with Crippen molar-refractivity contribution >= 4 is 11.9 Å². The molecule has 5 heteroatoms. The second-order valence-electron chi connectivity index (χ2n) is 6.37. The molecule has 1 fully saturated rings. The van der Waals surface area contributed by atoms with Gasteiger partial charge in [0.2, 0.25) is 0 Å². The van der Waals surface area contributed by atoms with E-state index in [9.17, 15) is 9.90 Å². The fourth-order valence-corrected chi connectivity index (χ4v) is 3.13. The van der Waals surface area contributed by atoms with Crippen molar-refractivity contribution in [3.63, 3.8) is 0 Å². The van der Waals surface area contributed by atoms with Gasteiger partial charge in [0, 0.05) is 31.4 Å². The van der Waals surface area contributed by atoms with Crippen molar-refractivity contribution in [1.82, 2.24) is 9.88 Å². The van der Waals surface area contributed by atoms with Gasteiger partial charge < -0.3 is 14.9 Å². The molecule has 0 aliphatic carbocycles. The Labute approximate surface area is 132 Å². The Morgan fingerprint density at radius 1 is 1.41 bits per heavy atom. The van der Waals surface area contributed by atoms with E-state index in [-0.39, 0.29) is 6.04 Å². The molecule has 0 bridgehead atoms. The summed E-state index contributed by atoms with van der Waals surface area (Å²) >= 11 is 0. The molecule has 0 unspecified atom stereocenters. The van der Waals surface area contributed by atoms with E-state index >= 15 is 0 Å². The molecule has 1 aliphatic rings. The quantitative estimate of drug-likeness (QED) is 0.907. The first kappa shape index (κ1) is 16.6. The van der Waals surface area contributed by atoms with Gasteiger partial charge in [-0.1, -0.05) is 19.9 Å². The van der Waals surface area contributed by atoms with Crippen LogP contribution in [-0.2, 0) is 6.42 Å². The lowest BCUT2D eigenvalue weighted by Crippen LogP contribution is -2.47. The average Bonchev–Trinajstić information content (AvgIpc) is 2.48. The Hall–Kier alpha value is -1.78. The second-order valence-corrected chi connectivity index (χ2v) is 6.37. The Morgan fingerprint density at radius 2 is 2.09 bits per heavy atom. The fourth-order valence-electron chi connectivity index (χ4n) is 3.13. The fraction of sp³-hybridized carbons (Fsp3) is 0.647. The zero-order valence-corrected chi connectivity index (χ0v) is 13.8. The first-order valence-corrected chi connectivity index (χ1v) is 8.21. The summed E-state index contributed by atoms with van der Waals surface area (Å²) in [6.07, 6.45) is 1.93. The third-order valence-electron chi connectivity index (χ3n) is 4.23. The van der Waals surface area contributed by atoms with E-state index in [4.69, 9.17) is 4.98 Å². The monoisotopic (exact) mass is 305 g/mol. The molecule has 122 valence electrons. The first-order chi connectivity index (χ1) is 10.5. The van der Waals surface area contributed by atoms with Crippen molar-refractivity contribution in [3.8, 4) is 0 Å². The lowest BCUT2D eigenvalue weighted by atomic mass is 10.0. The highest BCUT2D eigenvalue weighted by Crippen LogP contribution is 2.22. The number of hydrogen-bond donors (Lipinski definition) is 1. The van der Waals surface area contributed by atoms with Gasteiger partial charge in [-0.05, 0) is 44.2 Å². The number of amides is 1. The van der Waals surface area contributed by atoms with Gasteiger partial charge >= 0.3 is 6.09 Å². The highest BCUT2D eigenvalue weighted by molar-refractivity contribution is 5.65. The second kappa shape index (κ2) is 7.47. The van der Waals surface area contributed by atoms with Crippen LogP contribution in [-0.4, -0.2) is 46.8 Å². The smallest absolute Gasteiger partial charge is 0.407 e. The van der Waals surface area contributed by atoms with Crippen LogP contribution in [0.1, 0.15) is 39.3 Å². The van der Waals surface area contributed by atoms with E-state index in [1.54, 1.807) is 4.90 Å². The number of carbonyl (C=O) groups is 1. The third kappa shape index (κ3) is 4.12. The van der Waals surface area contributed by atoms with E-state index in [0.717, 1.165) is 43.9 Å². The van der Waals surface area contributed by atoms with Crippen LogP contribution in [0.15, 0.2) is 18.2 Å². The standard InChI is InChI=1S/C17H27N3O2/c1-4-20(17(21)22)15-8-10-19(11-9-15)16-7-5-6-14(18-16)12-13(2)3/h5-7,13,15H,4,8-12H2,1-3H3,(H,21,22). The summed E-state index contributed by atoms with van der Waals surface area (Å²) in [5, 5.41) is 9.23. The number of nitrogens with zero attached hydrogens (tertiary/aromatic N) is 3. The van der Waals surface area contributed by atoms with Gasteiger partial charge in [-0.2, -0.15) is 0 Å². The maximum atomic E-state index is 11.2. The summed E-state index contributed by atoms with van der Waals surface area (Å²) in [7, 11) is 0. The van der Waals surface area contributed by atoms with Gasteiger partial charge in [-0.3, -0.25) is 0 Å². The predicted octanol–water partition coefficient (Wildman–Crippen LogP) is 3.25. The number of carboxylic acid groups (broad SMARTS) is 1. The van der Waals surface area contributed by atoms with Crippen LogP contribution in [0.5, 0.6) is 0 Å². The molecule has 2 heterocycles. The minimum absolute atomic E-state index is 0.137. The number of hydrogen-bond acceptors (Lipinski definition) is 3. The zero-order valence-electron chi connectivity index (χ0n) is 13.8. The molecule has 5 nitrogen and oxygen atoms in total. The highest BCUT2D eigenvalue weighted by atomic mass is 16.4. The van der Waals surface area contributed by atoms with Crippen LogP contribution in [0.3, 0.4) is 0 Å². The maximum Gasteiger partial charge on any atom is 0.407 e. The van der Waals surface area contributed by atoms with Crippen molar-refractivity contribution in [3.05, 3.63) is 23.9 Å². The van der Waals surface area contributed by atoms with Gasteiger partial charge in [0.15, 0.2) is 0 Å². The lowest BCUT2D eigenvalue weighted by Gasteiger charge is -2.37. The number of rotatable bonds is 5. The molecule has 1 N–H and O–H groups in total. The van der Waals surface area contributed by atoms with Gasteiger partial charge in [0.05, 0.1) is 0 Å². The predicted molar refractivity (Wildman–Crippen MR) is 88.4 cm³/mol. The summed E-state index contributed by atoms with van der Waals surface area (Å²) in [5.41, 5.74) is 1.13. The lowest BCUT2D eigenvalue weighted by molar-refractivity contribution is 0.119. The molecule has 0 radical (unpaired) electrons. The van der Waals surface area contributed by atoms with E-state index < -0.39 is 6.09 Å². The minimum Gasteiger partial charge on any atom is -0.465 e. The van der Waals surface area contributed by atoms with Gasteiger partial charge in [-0.15, -0.1) is 0 Å². The third-order valence-corrected chi connectivity index (χ3v) is 4.23. The van der Waals surface area contributed by atoms with Crippen LogP contribution >= 0.6 is 0 Å². The molecule has 1 saturated heterocycles. The van der Waals surface area contributed by atoms with Crippen LogP contribution in [0, 0.1) is 5.92 Å². The van der Waals surface area contributed by atoms with Gasteiger partial charge in [0.1, 0.15) is 5.82 Å². The number of pyridine rings is 1. The van der Waals surface area contributed by atoms with Crippen molar-refractivity contribution < 1.29 is 9.90 Å². The molecule has 0 atom stereocenters. The Morgan fingerprint density at radius 3 is 2.64 bits per heavy atom. The Bertz CT molecular complexity index is 496. The molecular formula is C17H27N3O2. The Balaban J connectivity index is 1.98. The molecule has 1 amide bonds. The largest absolute Gasteiger partial charge is 0.465 e. The molecule has 1 aromatic rings. The minimum atomic E-state index is -0.807. The summed E-state index contributed by atoms with van der Waals surface area (Å²) in [6.45, 7) is 8.59. The summed E-state index contributed by atoms with van der Waals surface area (Å²) in [4.78, 5) is 19.8. The molecule has 2 rings (SSSR count). The number of piperidine rings is 1. The number of anilines is 1. The Kier molecular flexibility index (Phi) is 5.63. The van der Waals surface area contributed by atoms with Crippen molar-refractivity contribution in [1.29, 1.82) is 0 Å². The van der Waals surface area contributed by atoms with Crippen LogP contribution < -0.4 is 4.90 Å². The van der Waals surface area contributed by atoms with Crippen LogP contribution in [0.4, 0.5) is 10.6 Å². The highest BCUT2D eigenvalue weighted by Gasteiger charge is 2.27. The molecule has 1 aliphatic heterocycles. The van der Waals surface area contributed by atoms with Crippen LogP contribution in [0.2, 0.25) is 0 Å². The molecule has 0 aromatic carbocycles. The molecule has 0 spiro atoms. The molecule has 22 heavy (non-hydrogen) atoms. The summed E-state index contributed by atoms with van der Waals surface area (Å²) < 4.78 is 0. The molecule has 1 aromatic heterocycles. The molecule has 0 saturated carbocycles. The van der Waals surface area contributed by atoms with Crippen molar-refractivity contribution in [2.45, 2.75) is 46.1 Å². The van der Waals surface area contributed by atoms with Gasteiger partial charge in [0.25, 0.3) is 0 Å². The maximum absolute atomic E-state index is 11.2. The SMILES string of the molecule is CCN(C(=O)O)C1CCN(c2cccc(CC(C)C)n2)CC1. The van der Waals surface area contributed by atoms with Crippen molar-refractivity contribution in [2.24, 2.45) is 5.92 Å². The molecular weight excluding hydrogens is 278 g/mol. The van der Waals surface area contributed by atoms with Crippen LogP contribution in [0.25, 0.3) is 0 Å². The zero-order chi connectivity index (χ0) is 16.1. The normalized spacial score (nSPS) is 16.1. The summed E-state index contributed by atoms with van der Waals surface area (Å²) in [5.74, 6) is 1.62. The van der Waals surface area contributed by atoms with Crippen molar-refractivity contribution in [2.75, 3.05) is 24.5 Å². The first-order valence-electron chi connectivity index (χ1n) is 8.21. The van der Waals surface area contributed by atoms with E-state index in [2.05, 4.69) is 36.9 Å². The van der Waals surface area contributed by atoms with E-state index in [1.165, 1.54) is 0 Å². The summed E-state index contributed by atoms with van der Waals surface area (Å²) in [6, 6.07) is 6.35. The van der Waals surface area contributed by atoms with E-state index in [1.807, 2.05) is 6.92 Å².